The van der Waals surface area contributed by atoms with E-state index in [1.54, 1.807) is 0 Å². The first-order chi connectivity index (χ1) is 7.69. The molecule has 0 saturated carbocycles. The fourth-order valence-electron chi connectivity index (χ4n) is 1.97. The zero-order valence-electron chi connectivity index (χ0n) is 10.6. The maximum absolute atomic E-state index is 5.23. The molecule has 1 aliphatic heterocycles. The lowest BCUT2D eigenvalue weighted by molar-refractivity contribution is 0.263. The summed E-state index contributed by atoms with van der Waals surface area (Å²) in [6, 6.07) is 0.604. The van der Waals surface area contributed by atoms with Crippen LogP contribution < -0.4 is 5.32 Å². The van der Waals surface area contributed by atoms with Crippen LogP contribution in [0, 0.1) is 0 Å². The summed E-state index contributed by atoms with van der Waals surface area (Å²) < 4.78 is 5.23. The fraction of sp³-hybridized carbons (Fsp3) is 0.818. The van der Waals surface area contributed by atoms with Gasteiger partial charge in [0.15, 0.2) is 5.82 Å². The van der Waals surface area contributed by atoms with E-state index < -0.39 is 0 Å². The number of likely N-dealkylation sites (tertiary alicyclic amines) is 1. The van der Waals surface area contributed by atoms with Crippen LogP contribution in [0.4, 0.5) is 0 Å². The maximum atomic E-state index is 5.23. The van der Waals surface area contributed by atoms with Crippen molar-refractivity contribution >= 4 is 12.4 Å². The smallest absolute Gasteiger partial charge is 0.240 e. The number of hydrogen-bond donors (Lipinski definition) is 1. The molecule has 0 radical (unpaired) electrons. The Hall–Kier alpha value is -0.650. The van der Waals surface area contributed by atoms with Gasteiger partial charge in [0.2, 0.25) is 5.89 Å². The summed E-state index contributed by atoms with van der Waals surface area (Å²) in [5.41, 5.74) is 0. The van der Waals surface area contributed by atoms with Crippen LogP contribution >= 0.6 is 12.4 Å². The minimum Gasteiger partial charge on any atom is -0.338 e. The first kappa shape index (κ1) is 14.4. The molecule has 1 N–H and O–H groups in total. The standard InChI is InChI=1S/C11H20N4O.ClH/c1-8(2)11-13-10(16-14-11)7-15-5-4-9(6-15)12-3;/h8-9,12H,4-7H2,1-3H3;1H. The van der Waals surface area contributed by atoms with Crippen molar-refractivity contribution in [1.29, 1.82) is 0 Å². The van der Waals surface area contributed by atoms with Crippen molar-refractivity contribution in [3.05, 3.63) is 11.7 Å². The number of rotatable bonds is 4. The molecule has 0 amide bonds. The summed E-state index contributed by atoms with van der Waals surface area (Å²) in [7, 11) is 2.01. The van der Waals surface area contributed by atoms with Crippen molar-refractivity contribution in [3.8, 4) is 0 Å². The zero-order chi connectivity index (χ0) is 11.5. The van der Waals surface area contributed by atoms with Crippen molar-refractivity contribution in [2.45, 2.75) is 38.8 Å². The highest BCUT2D eigenvalue weighted by atomic mass is 35.5. The van der Waals surface area contributed by atoms with Gasteiger partial charge in [0, 0.05) is 25.0 Å². The molecule has 1 aromatic heterocycles. The van der Waals surface area contributed by atoms with Crippen LogP contribution in [0.5, 0.6) is 0 Å². The number of aromatic nitrogens is 2. The number of hydrogen-bond acceptors (Lipinski definition) is 5. The van der Waals surface area contributed by atoms with Gasteiger partial charge in [-0.1, -0.05) is 19.0 Å². The number of nitrogens with one attached hydrogen (secondary N) is 1. The van der Waals surface area contributed by atoms with Crippen LogP contribution in [-0.4, -0.2) is 41.2 Å². The van der Waals surface area contributed by atoms with Crippen molar-refractivity contribution in [3.63, 3.8) is 0 Å². The minimum atomic E-state index is 0. The lowest BCUT2D eigenvalue weighted by atomic mass is 10.2. The van der Waals surface area contributed by atoms with Gasteiger partial charge in [-0.15, -0.1) is 12.4 Å². The van der Waals surface area contributed by atoms with E-state index >= 15 is 0 Å². The summed E-state index contributed by atoms with van der Waals surface area (Å²) in [5, 5.41) is 7.26. The van der Waals surface area contributed by atoms with Crippen LogP contribution in [0.25, 0.3) is 0 Å². The highest BCUT2D eigenvalue weighted by Gasteiger charge is 2.22. The summed E-state index contributed by atoms with van der Waals surface area (Å²) in [5.74, 6) is 1.88. The Kier molecular flexibility index (Phi) is 5.36. The second kappa shape index (κ2) is 6.33. The number of likely N-dealkylation sites (N-methyl/N-ethyl adjacent to an activating group) is 1. The molecule has 1 aromatic rings. The Labute approximate surface area is 108 Å². The van der Waals surface area contributed by atoms with Crippen LogP contribution in [0.3, 0.4) is 0 Å². The van der Waals surface area contributed by atoms with E-state index in [0.717, 1.165) is 31.3 Å². The quantitative estimate of drug-likeness (QED) is 0.887. The van der Waals surface area contributed by atoms with Crippen LogP contribution in [-0.2, 0) is 6.54 Å². The Balaban J connectivity index is 0.00000144. The van der Waals surface area contributed by atoms with Crippen molar-refractivity contribution < 1.29 is 4.52 Å². The average molecular weight is 261 g/mol. The number of halogens is 1. The topological polar surface area (TPSA) is 54.2 Å². The van der Waals surface area contributed by atoms with Gasteiger partial charge in [-0.3, -0.25) is 4.90 Å². The average Bonchev–Trinajstić information content (AvgIpc) is 2.87. The largest absolute Gasteiger partial charge is 0.338 e. The van der Waals surface area contributed by atoms with E-state index in [-0.39, 0.29) is 12.4 Å². The summed E-state index contributed by atoms with van der Waals surface area (Å²) in [6.45, 7) is 7.09. The summed E-state index contributed by atoms with van der Waals surface area (Å²) in [4.78, 5) is 6.73. The molecule has 1 fully saturated rings. The molecule has 1 aliphatic rings. The predicted molar refractivity (Wildman–Crippen MR) is 68.4 cm³/mol. The van der Waals surface area contributed by atoms with Gasteiger partial charge < -0.3 is 9.84 Å². The summed E-state index contributed by atoms with van der Waals surface area (Å²) in [6.07, 6.45) is 1.20. The molecule has 5 nitrogen and oxygen atoms in total. The molecule has 1 atom stereocenters. The molecule has 1 saturated heterocycles. The SMILES string of the molecule is CNC1CCN(Cc2nc(C(C)C)no2)C1.Cl. The molecule has 0 spiro atoms. The molecular formula is C11H21ClN4O. The summed E-state index contributed by atoms with van der Waals surface area (Å²) >= 11 is 0. The lowest BCUT2D eigenvalue weighted by Gasteiger charge is -2.12. The Morgan fingerprint density at radius 3 is 2.82 bits per heavy atom. The molecule has 0 aliphatic carbocycles. The van der Waals surface area contributed by atoms with Crippen LogP contribution in [0.2, 0.25) is 0 Å². The van der Waals surface area contributed by atoms with E-state index in [0.29, 0.717) is 12.0 Å². The maximum Gasteiger partial charge on any atom is 0.240 e. The van der Waals surface area contributed by atoms with Gasteiger partial charge in [-0.2, -0.15) is 4.98 Å². The normalized spacial score (nSPS) is 20.8. The molecule has 6 heteroatoms. The third-order valence-electron chi connectivity index (χ3n) is 3.04. The Bertz CT molecular complexity index is 342. The highest BCUT2D eigenvalue weighted by Crippen LogP contribution is 2.14. The fourth-order valence-corrected chi connectivity index (χ4v) is 1.97. The third kappa shape index (κ3) is 3.66. The van der Waals surface area contributed by atoms with E-state index in [9.17, 15) is 0 Å². The molecule has 1 unspecified atom stereocenters. The predicted octanol–water partition coefficient (Wildman–Crippen LogP) is 1.41. The monoisotopic (exact) mass is 260 g/mol. The van der Waals surface area contributed by atoms with Crippen molar-refractivity contribution in [2.24, 2.45) is 0 Å². The van der Waals surface area contributed by atoms with E-state index in [2.05, 4.69) is 34.2 Å². The first-order valence-corrected chi connectivity index (χ1v) is 5.91. The molecule has 2 heterocycles. The second-order valence-corrected chi connectivity index (χ2v) is 4.71. The van der Waals surface area contributed by atoms with Gasteiger partial charge in [-0.05, 0) is 13.5 Å². The van der Waals surface area contributed by atoms with E-state index in [1.807, 2.05) is 7.05 Å². The van der Waals surface area contributed by atoms with Crippen LogP contribution in [0.15, 0.2) is 4.52 Å². The van der Waals surface area contributed by atoms with Crippen molar-refractivity contribution in [1.82, 2.24) is 20.4 Å². The lowest BCUT2D eigenvalue weighted by Crippen LogP contribution is -2.29. The Morgan fingerprint density at radius 1 is 1.53 bits per heavy atom. The zero-order valence-corrected chi connectivity index (χ0v) is 11.5. The van der Waals surface area contributed by atoms with Crippen LogP contribution in [0.1, 0.15) is 37.9 Å². The van der Waals surface area contributed by atoms with Crippen molar-refractivity contribution in [2.75, 3.05) is 20.1 Å². The first-order valence-electron chi connectivity index (χ1n) is 5.91. The second-order valence-electron chi connectivity index (χ2n) is 4.71. The van der Waals surface area contributed by atoms with E-state index in [1.165, 1.54) is 6.42 Å². The van der Waals surface area contributed by atoms with Gasteiger partial charge in [0.1, 0.15) is 0 Å². The van der Waals surface area contributed by atoms with E-state index in [4.69, 9.17) is 4.52 Å². The van der Waals surface area contributed by atoms with Gasteiger partial charge in [-0.25, -0.2) is 0 Å². The third-order valence-corrected chi connectivity index (χ3v) is 3.04. The molecule has 0 aromatic carbocycles. The van der Waals surface area contributed by atoms with Gasteiger partial charge in [0.25, 0.3) is 0 Å². The number of nitrogens with zero attached hydrogens (tertiary/aromatic N) is 3. The molecule has 2 rings (SSSR count). The highest BCUT2D eigenvalue weighted by molar-refractivity contribution is 5.85. The van der Waals surface area contributed by atoms with Gasteiger partial charge >= 0.3 is 0 Å². The molecular weight excluding hydrogens is 240 g/mol. The van der Waals surface area contributed by atoms with Gasteiger partial charge in [0.05, 0.1) is 6.54 Å². The molecule has 0 bridgehead atoms. The minimum absolute atomic E-state index is 0. The Morgan fingerprint density at radius 2 is 2.29 bits per heavy atom. The molecule has 17 heavy (non-hydrogen) atoms. The molecule has 98 valence electrons.